The molecule has 0 saturated carbocycles. The molecule has 0 aromatic carbocycles. The molecule has 1 aliphatic heterocycles. The van der Waals surface area contributed by atoms with Gasteiger partial charge in [-0.2, -0.15) is 0 Å². The van der Waals surface area contributed by atoms with Crippen molar-refractivity contribution in [2.45, 2.75) is 37.8 Å². The second-order valence-corrected chi connectivity index (χ2v) is 4.07. The van der Waals surface area contributed by atoms with Crippen molar-refractivity contribution < 1.29 is 14.7 Å². The molecule has 1 unspecified atom stereocenters. The number of hydrogen-bond acceptors (Lipinski definition) is 4. The molecule has 1 aliphatic rings. The number of carbonyl (C=O) groups excluding carboxylic acids is 1. The van der Waals surface area contributed by atoms with Crippen LogP contribution in [0.3, 0.4) is 0 Å². The molecule has 0 spiro atoms. The quantitative estimate of drug-likeness (QED) is 0.513. The number of carboxylic acid groups (broad SMARTS) is 1. The van der Waals surface area contributed by atoms with E-state index in [1.54, 1.807) is 0 Å². The molecule has 92 valence electrons. The van der Waals surface area contributed by atoms with E-state index in [0.29, 0.717) is 25.9 Å². The molecule has 6 nitrogen and oxygen atoms in total. The molecule has 1 heterocycles. The first-order valence-corrected chi connectivity index (χ1v) is 5.57. The molecule has 5 N–H and O–H groups in total. The van der Waals surface area contributed by atoms with E-state index in [4.69, 9.17) is 16.6 Å². The van der Waals surface area contributed by atoms with Crippen molar-refractivity contribution in [2.24, 2.45) is 11.5 Å². The second kappa shape index (κ2) is 5.81. The number of carbonyl (C=O) groups is 2. The highest BCUT2D eigenvalue weighted by Gasteiger charge is 2.39. The maximum Gasteiger partial charge on any atom is 0.326 e. The van der Waals surface area contributed by atoms with E-state index >= 15 is 0 Å². The van der Waals surface area contributed by atoms with Crippen LogP contribution in [0, 0.1) is 0 Å². The van der Waals surface area contributed by atoms with E-state index in [9.17, 15) is 9.59 Å². The zero-order chi connectivity index (χ0) is 12.1. The molecule has 1 rings (SSSR count). The zero-order valence-corrected chi connectivity index (χ0v) is 9.26. The molecule has 6 heteroatoms. The Morgan fingerprint density at radius 3 is 2.56 bits per heavy atom. The van der Waals surface area contributed by atoms with E-state index in [0.717, 1.165) is 12.8 Å². The van der Waals surface area contributed by atoms with Crippen LogP contribution in [0.25, 0.3) is 0 Å². The SMILES string of the molecule is NCCCC[C@H](N)C(=O)N1CCC1C(=O)O. The average molecular weight is 229 g/mol. The summed E-state index contributed by atoms with van der Waals surface area (Å²) in [5, 5.41) is 8.80. The minimum atomic E-state index is -0.950. The van der Waals surface area contributed by atoms with Crippen LogP contribution in [0.1, 0.15) is 25.7 Å². The van der Waals surface area contributed by atoms with Crippen molar-refractivity contribution in [3.63, 3.8) is 0 Å². The zero-order valence-electron chi connectivity index (χ0n) is 9.26. The number of nitrogens with zero attached hydrogens (tertiary/aromatic N) is 1. The summed E-state index contributed by atoms with van der Waals surface area (Å²) in [6.45, 7) is 1.09. The lowest BCUT2D eigenvalue weighted by Gasteiger charge is -2.39. The predicted octanol–water partition coefficient (Wildman–Crippen LogP) is -0.872. The van der Waals surface area contributed by atoms with Crippen molar-refractivity contribution in [3.8, 4) is 0 Å². The van der Waals surface area contributed by atoms with Gasteiger partial charge in [-0.15, -0.1) is 0 Å². The summed E-state index contributed by atoms with van der Waals surface area (Å²) in [4.78, 5) is 23.8. The van der Waals surface area contributed by atoms with Gasteiger partial charge in [0.25, 0.3) is 0 Å². The Morgan fingerprint density at radius 2 is 2.12 bits per heavy atom. The monoisotopic (exact) mass is 229 g/mol. The van der Waals surface area contributed by atoms with Crippen molar-refractivity contribution in [3.05, 3.63) is 0 Å². The molecular weight excluding hydrogens is 210 g/mol. The maximum atomic E-state index is 11.7. The third-order valence-electron chi connectivity index (χ3n) is 2.87. The molecule has 16 heavy (non-hydrogen) atoms. The Kier molecular flexibility index (Phi) is 4.70. The van der Waals surface area contributed by atoms with Gasteiger partial charge in [0.05, 0.1) is 6.04 Å². The minimum absolute atomic E-state index is 0.254. The average Bonchev–Trinajstić information content (AvgIpc) is 2.15. The number of unbranched alkanes of at least 4 members (excludes halogenated alkanes) is 1. The number of hydrogen-bond donors (Lipinski definition) is 3. The second-order valence-electron chi connectivity index (χ2n) is 4.07. The van der Waals surface area contributed by atoms with Crippen LogP contribution in [-0.4, -0.2) is 47.1 Å². The summed E-state index contributed by atoms with van der Waals surface area (Å²) in [6.07, 6.45) is 2.73. The minimum Gasteiger partial charge on any atom is -0.480 e. The smallest absolute Gasteiger partial charge is 0.326 e. The van der Waals surface area contributed by atoms with Crippen LogP contribution in [0.15, 0.2) is 0 Å². The molecule has 1 fully saturated rings. The number of amides is 1. The van der Waals surface area contributed by atoms with Crippen molar-refractivity contribution in [1.82, 2.24) is 4.90 Å². The molecule has 0 aliphatic carbocycles. The summed E-state index contributed by atoms with van der Waals surface area (Å²) in [5.74, 6) is -1.20. The van der Waals surface area contributed by atoms with Crippen molar-refractivity contribution >= 4 is 11.9 Å². The van der Waals surface area contributed by atoms with Crippen LogP contribution in [0.4, 0.5) is 0 Å². The van der Waals surface area contributed by atoms with Gasteiger partial charge in [-0.05, 0) is 25.8 Å². The first-order chi connectivity index (χ1) is 7.57. The standard InChI is InChI=1S/C10H19N3O3/c11-5-2-1-3-7(12)9(14)13-6-4-8(13)10(15)16/h7-8H,1-6,11-12H2,(H,15,16)/t7-,8?/m0/s1. The van der Waals surface area contributed by atoms with E-state index in [1.165, 1.54) is 4.90 Å². The highest BCUT2D eigenvalue weighted by molar-refractivity contribution is 5.88. The Hall–Kier alpha value is -1.14. The van der Waals surface area contributed by atoms with Crippen molar-refractivity contribution in [1.29, 1.82) is 0 Å². The fraction of sp³-hybridized carbons (Fsp3) is 0.800. The third-order valence-corrected chi connectivity index (χ3v) is 2.87. The van der Waals surface area contributed by atoms with E-state index in [1.807, 2.05) is 0 Å². The van der Waals surface area contributed by atoms with Gasteiger partial charge in [-0.1, -0.05) is 6.42 Å². The molecular formula is C10H19N3O3. The van der Waals surface area contributed by atoms with Gasteiger partial charge in [0.2, 0.25) is 5.91 Å². The number of carboxylic acids is 1. The largest absolute Gasteiger partial charge is 0.480 e. The molecule has 1 saturated heterocycles. The maximum absolute atomic E-state index is 11.7. The van der Waals surface area contributed by atoms with Gasteiger partial charge < -0.3 is 21.5 Å². The number of aliphatic carboxylic acids is 1. The lowest BCUT2D eigenvalue weighted by Crippen LogP contribution is -2.59. The van der Waals surface area contributed by atoms with Crippen molar-refractivity contribution in [2.75, 3.05) is 13.1 Å². The summed E-state index contributed by atoms with van der Waals surface area (Å²) in [7, 11) is 0. The molecule has 0 bridgehead atoms. The lowest BCUT2D eigenvalue weighted by molar-refractivity contribution is -0.157. The Morgan fingerprint density at radius 1 is 1.44 bits per heavy atom. The molecule has 1 amide bonds. The van der Waals surface area contributed by atoms with Gasteiger partial charge in [0.15, 0.2) is 0 Å². The Balaban J connectivity index is 2.36. The molecule has 2 atom stereocenters. The van der Waals surface area contributed by atoms with Gasteiger partial charge in [0, 0.05) is 6.54 Å². The van der Waals surface area contributed by atoms with Crippen LogP contribution < -0.4 is 11.5 Å². The summed E-state index contributed by atoms with van der Waals surface area (Å²) in [5.41, 5.74) is 11.0. The number of rotatable bonds is 6. The highest BCUT2D eigenvalue weighted by Crippen LogP contribution is 2.19. The van der Waals surface area contributed by atoms with E-state index in [-0.39, 0.29) is 5.91 Å². The summed E-state index contributed by atoms with van der Waals surface area (Å²) in [6, 6.07) is -1.26. The normalized spacial score (nSPS) is 21.4. The van der Waals surface area contributed by atoms with E-state index < -0.39 is 18.1 Å². The molecule has 0 aromatic rings. The van der Waals surface area contributed by atoms with Crippen LogP contribution >= 0.6 is 0 Å². The highest BCUT2D eigenvalue weighted by atomic mass is 16.4. The van der Waals surface area contributed by atoms with Gasteiger partial charge in [-0.3, -0.25) is 4.79 Å². The summed E-state index contributed by atoms with van der Waals surface area (Å²) >= 11 is 0. The topological polar surface area (TPSA) is 110 Å². The fourth-order valence-electron chi connectivity index (χ4n) is 1.75. The van der Waals surface area contributed by atoms with Crippen LogP contribution in [0.5, 0.6) is 0 Å². The first-order valence-electron chi connectivity index (χ1n) is 5.57. The van der Waals surface area contributed by atoms with Gasteiger partial charge in [0.1, 0.15) is 6.04 Å². The van der Waals surface area contributed by atoms with Gasteiger partial charge in [-0.25, -0.2) is 4.79 Å². The van der Waals surface area contributed by atoms with Crippen LogP contribution in [0.2, 0.25) is 0 Å². The first kappa shape index (κ1) is 12.9. The van der Waals surface area contributed by atoms with Gasteiger partial charge >= 0.3 is 5.97 Å². The van der Waals surface area contributed by atoms with Crippen LogP contribution in [-0.2, 0) is 9.59 Å². The Bertz CT molecular complexity index is 270. The summed E-state index contributed by atoms with van der Waals surface area (Å²) < 4.78 is 0. The predicted molar refractivity (Wildman–Crippen MR) is 58.6 cm³/mol. The molecule has 0 radical (unpaired) electrons. The third kappa shape index (κ3) is 2.93. The lowest BCUT2D eigenvalue weighted by atomic mass is 10.00. The fourth-order valence-corrected chi connectivity index (χ4v) is 1.75. The number of nitrogens with two attached hydrogens (primary N) is 2. The number of likely N-dealkylation sites (tertiary alicyclic amines) is 1. The Labute approximate surface area is 94.6 Å². The molecule has 0 aromatic heterocycles. The van der Waals surface area contributed by atoms with E-state index in [2.05, 4.69) is 0 Å².